The van der Waals surface area contributed by atoms with Crippen molar-refractivity contribution in [1.29, 1.82) is 0 Å². The number of nitrogens with zero attached hydrogens (tertiary/aromatic N) is 4. The third-order valence-corrected chi connectivity index (χ3v) is 4.70. The lowest BCUT2D eigenvalue weighted by Gasteiger charge is -2.24. The summed E-state index contributed by atoms with van der Waals surface area (Å²) in [4.78, 5) is 31.9. The highest BCUT2D eigenvalue weighted by molar-refractivity contribution is 7.03. The number of nitrogens with one attached hydrogen (secondary N) is 3. The molecule has 4 rings (SSSR count). The Labute approximate surface area is 180 Å². The Morgan fingerprint density at radius 2 is 1.71 bits per heavy atom. The standard InChI is InChI=1S/C20H18FN7O2S/c1-20(2,3)26-15-14(16(29)17(15)30)24-18-12(21)8-22-19(25-18)23-11-6-4-10(5-7-11)13-9-31-28-27-13/h4-9,26H,1-3H3,(H2,22,23,24,25). The van der Waals surface area contributed by atoms with Crippen LogP contribution >= 0.6 is 11.5 Å². The lowest BCUT2D eigenvalue weighted by molar-refractivity contribution is 0.619. The minimum Gasteiger partial charge on any atom is -0.375 e. The summed E-state index contributed by atoms with van der Waals surface area (Å²) >= 11 is 1.27. The molecule has 2 heterocycles. The molecule has 0 bridgehead atoms. The molecule has 11 heteroatoms. The Kier molecular flexibility index (Phi) is 5.19. The summed E-state index contributed by atoms with van der Waals surface area (Å²) in [6.07, 6.45) is 0.982. The Balaban J connectivity index is 1.54. The maximum Gasteiger partial charge on any atom is 0.253 e. The molecule has 2 aromatic heterocycles. The number of aromatic nitrogens is 4. The van der Waals surface area contributed by atoms with Crippen LogP contribution < -0.4 is 26.8 Å². The molecule has 0 aliphatic rings. The molecule has 31 heavy (non-hydrogen) atoms. The fraction of sp³-hybridized carbons (Fsp3) is 0.200. The van der Waals surface area contributed by atoms with Crippen molar-refractivity contribution in [3.05, 3.63) is 62.1 Å². The maximum atomic E-state index is 14.3. The van der Waals surface area contributed by atoms with Gasteiger partial charge in [0.05, 0.1) is 6.20 Å². The predicted octanol–water partition coefficient (Wildman–Crippen LogP) is 3.43. The summed E-state index contributed by atoms with van der Waals surface area (Å²) in [7, 11) is 0. The van der Waals surface area contributed by atoms with Gasteiger partial charge >= 0.3 is 0 Å². The molecule has 0 unspecified atom stereocenters. The smallest absolute Gasteiger partial charge is 0.253 e. The number of hydrogen-bond donors (Lipinski definition) is 3. The van der Waals surface area contributed by atoms with E-state index >= 15 is 0 Å². The molecule has 0 radical (unpaired) electrons. The normalized spacial score (nSPS) is 11.5. The Bertz CT molecular complexity index is 1290. The first kappa shape index (κ1) is 20.5. The van der Waals surface area contributed by atoms with Gasteiger partial charge in [0.15, 0.2) is 11.6 Å². The Hall–Kier alpha value is -3.73. The van der Waals surface area contributed by atoms with Gasteiger partial charge in [0, 0.05) is 22.2 Å². The molecule has 2 aromatic carbocycles. The second-order valence-corrected chi connectivity index (χ2v) is 8.40. The van der Waals surface area contributed by atoms with Crippen molar-refractivity contribution in [2.45, 2.75) is 26.3 Å². The van der Waals surface area contributed by atoms with Crippen molar-refractivity contribution in [2.24, 2.45) is 0 Å². The van der Waals surface area contributed by atoms with Crippen molar-refractivity contribution < 1.29 is 4.39 Å². The first-order valence-electron chi connectivity index (χ1n) is 9.27. The number of benzene rings is 1. The SMILES string of the molecule is CC(C)(C)Nc1c(Nc2nc(Nc3ccc(-c4csnn4)cc3)ncc2F)c(=O)c1=O. The molecular formula is C20H18FN7O2S. The van der Waals surface area contributed by atoms with E-state index in [1.807, 2.05) is 38.3 Å². The van der Waals surface area contributed by atoms with Crippen LogP contribution in [0, 0.1) is 5.82 Å². The summed E-state index contributed by atoms with van der Waals surface area (Å²) < 4.78 is 18.1. The van der Waals surface area contributed by atoms with Crippen molar-refractivity contribution in [3.63, 3.8) is 0 Å². The van der Waals surface area contributed by atoms with Crippen molar-refractivity contribution in [3.8, 4) is 11.3 Å². The van der Waals surface area contributed by atoms with E-state index in [1.165, 1.54) is 11.5 Å². The van der Waals surface area contributed by atoms with E-state index in [-0.39, 0.29) is 23.1 Å². The van der Waals surface area contributed by atoms with Crippen LogP contribution in [0.15, 0.2) is 45.4 Å². The monoisotopic (exact) mass is 439 g/mol. The van der Waals surface area contributed by atoms with Gasteiger partial charge in [-0.2, -0.15) is 4.98 Å². The van der Waals surface area contributed by atoms with Gasteiger partial charge < -0.3 is 16.0 Å². The van der Waals surface area contributed by atoms with E-state index < -0.39 is 22.2 Å². The third kappa shape index (κ3) is 4.40. The van der Waals surface area contributed by atoms with E-state index in [2.05, 4.69) is 35.5 Å². The highest BCUT2D eigenvalue weighted by Gasteiger charge is 2.25. The molecule has 158 valence electrons. The van der Waals surface area contributed by atoms with Gasteiger partial charge in [-0.25, -0.2) is 9.37 Å². The zero-order valence-electron chi connectivity index (χ0n) is 16.9. The molecule has 4 aromatic rings. The minimum atomic E-state index is -0.758. The summed E-state index contributed by atoms with van der Waals surface area (Å²) in [5, 5.41) is 14.4. The summed E-state index contributed by atoms with van der Waals surface area (Å²) in [5.41, 5.74) is 0.605. The van der Waals surface area contributed by atoms with E-state index in [0.717, 1.165) is 17.5 Å². The van der Waals surface area contributed by atoms with E-state index in [1.54, 1.807) is 12.1 Å². The highest BCUT2D eigenvalue weighted by Crippen LogP contribution is 2.26. The van der Waals surface area contributed by atoms with Gasteiger partial charge in [-0.05, 0) is 44.4 Å². The quantitative estimate of drug-likeness (QED) is 0.388. The highest BCUT2D eigenvalue weighted by atomic mass is 32.1. The number of anilines is 5. The minimum absolute atomic E-state index is 0.0234. The lowest BCUT2D eigenvalue weighted by Crippen LogP contribution is -2.41. The molecular weight excluding hydrogens is 421 g/mol. The van der Waals surface area contributed by atoms with Crippen LogP contribution in [0.25, 0.3) is 11.3 Å². The van der Waals surface area contributed by atoms with Crippen LogP contribution in [0.4, 0.5) is 33.2 Å². The van der Waals surface area contributed by atoms with Crippen LogP contribution in [-0.2, 0) is 0 Å². The number of rotatable bonds is 6. The summed E-state index contributed by atoms with van der Waals surface area (Å²) in [6, 6.07) is 7.32. The molecule has 0 aliphatic heterocycles. The molecule has 0 atom stereocenters. The first-order valence-corrected chi connectivity index (χ1v) is 10.1. The number of halogens is 1. The molecule has 9 nitrogen and oxygen atoms in total. The molecule has 0 saturated heterocycles. The van der Waals surface area contributed by atoms with Crippen LogP contribution in [0.5, 0.6) is 0 Å². The average Bonchev–Trinajstić information content (AvgIpc) is 3.27. The predicted molar refractivity (Wildman–Crippen MR) is 119 cm³/mol. The fourth-order valence-electron chi connectivity index (χ4n) is 2.78. The van der Waals surface area contributed by atoms with Crippen LogP contribution in [0.2, 0.25) is 0 Å². The molecule has 0 saturated carbocycles. The third-order valence-electron chi connectivity index (χ3n) is 4.19. The van der Waals surface area contributed by atoms with E-state index in [9.17, 15) is 14.0 Å². The van der Waals surface area contributed by atoms with Crippen molar-refractivity contribution in [2.75, 3.05) is 16.0 Å². The van der Waals surface area contributed by atoms with Crippen LogP contribution in [-0.4, -0.2) is 25.1 Å². The molecule has 0 spiro atoms. The zero-order valence-corrected chi connectivity index (χ0v) is 17.7. The topological polar surface area (TPSA) is 122 Å². The second-order valence-electron chi connectivity index (χ2n) is 7.79. The fourth-order valence-corrected chi connectivity index (χ4v) is 3.25. The summed E-state index contributed by atoms with van der Waals surface area (Å²) in [5.74, 6) is -0.852. The van der Waals surface area contributed by atoms with Crippen molar-refractivity contribution >= 4 is 40.4 Å². The van der Waals surface area contributed by atoms with E-state index in [4.69, 9.17) is 0 Å². The van der Waals surface area contributed by atoms with Gasteiger partial charge in [-0.15, -0.1) is 5.10 Å². The lowest BCUT2D eigenvalue weighted by atomic mass is 10.1. The maximum absolute atomic E-state index is 14.3. The number of hydrogen-bond acceptors (Lipinski definition) is 10. The van der Waals surface area contributed by atoms with Crippen molar-refractivity contribution in [1.82, 2.24) is 19.6 Å². The molecule has 3 N–H and O–H groups in total. The van der Waals surface area contributed by atoms with Gasteiger partial charge in [0.2, 0.25) is 5.95 Å². The van der Waals surface area contributed by atoms with Gasteiger partial charge in [0.1, 0.15) is 17.1 Å². The first-order chi connectivity index (χ1) is 14.7. The zero-order chi connectivity index (χ0) is 22.2. The van der Waals surface area contributed by atoms with Gasteiger partial charge in [-0.3, -0.25) is 9.59 Å². The molecule has 0 aliphatic carbocycles. The van der Waals surface area contributed by atoms with Gasteiger partial charge in [-0.1, -0.05) is 16.6 Å². The molecule has 0 amide bonds. The largest absolute Gasteiger partial charge is 0.375 e. The van der Waals surface area contributed by atoms with Crippen LogP contribution in [0.1, 0.15) is 20.8 Å². The van der Waals surface area contributed by atoms with Crippen LogP contribution in [0.3, 0.4) is 0 Å². The Morgan fingerprint density at radius 1 is 1.00 bits per heavy atom. The summed E-state index contributed by atoms with van der Waals surface area (Å²) in [6.45, 7) is 5.53. The average molecular weight is 439 g/mol. The molecule has 0 fully saturated rings. The second kappa shape index (κ2) is 7.84. The Morgan fingerprint density at radius 3 is 2.35 bits per heavy atom. The van der Waals surface area contributed by atoms with E-state index in [0.29, 0.717) is 5.69 Å². The van der Waals surface area contributed by atoms with Gasteiger partial charge in [0.25, 0.3) is 10.9 Å².